The van der Waals surface area contributed by atoms with E-state index in [-0.39, 0.29) is 6.04 Å². The SMILES string of the molecule is C[C@@H]1[C@H]2CN(Cc3ccccc3)C[C@H]2CN1C(=O)O. The molecule has 1 aromatic rings. The number of hydrogen-bond acceptors (Lipinski definition) is 2. The van der Waals surface area contributed by atoms with E-state index in [0.29, 0.717) is 18.4 Å². The minimum Gasteiger partial charge on any atom is -0.465 e. The highest BCUT2D eigenvalue weighted by molar-refractivity contribution is 5.66. The van der Waals surface area contributed by atoms with Crippen molar-refractivity contribution in [2.24, 2.45) is 11.8 Å². The quantitative estimate of drug-likeness (QED) is 0.885. The maximum Gasteiger partial charge on any atom is 0.407 e. The Morgan fingerprint density at radius 1 is 1.26 bits per heavy atom. The molecule has 4 nitrogen and oxygen atoms in total. The molecule has 3 atom stereocenters. The molecule has 2 saturated heterocycles. The van der Waals surface area contributed by atoms with E-state index in [2.05, 4.69) is 29.2 Å². The molecular weight excluding hydrogens is 240 g/mol. The number of carbonyl (C=O) groups is 1. The molecule has 0 spiro atoms. The summed E-state index contributed by atoms with van der Waals surface area (Å²) in [5, 5.41) is 9.15. The van der Waals surface area contributed by atoms with E-state index < -0.39 is 6.09 Å². The maximum atomic E-state index is 11.1. The third-order valence-electron chi connectivity index (χ3n) is 4.60. The van der Waals surface area contributed by atoms with Gasteiger partial charge in [0.05, 0.1) is 0 Å². The van der Waals surface area contributed by atoms with Crippen molar-refractivity contribution in [1.29, 1.82) is 0 Å². The Balaban J connectivity index is 1.63. The second-order valence-corrected chi connectivity index (χ2v) is 5.78. The second kappa shape index (κ2) is 4.85. The predicted octanol–water partition coefficient (Wildman–Crippen LogP) is 2.12. The van der Waals surface area contributed by atoms with Gasteiger partial charge in [0.25, 0.3) is 0 Å². The zero-order chi connectivity index (χ0) is 13.4. The van der Waals surface area contributed by atoms with Gasteiger partial charge in [0.1, 0.15) is 0 Å². The molecule has 1 aromatic carbocycles. The largest absolute Gasteiger partial charge is 0.465 e. The van der Waals surface area contributed by atoms with Crippen molar-refractivity contribution in [2.45, 2.75) is 19.5 Å². The van der Waals surface area contributed by atoms with Gasteiger partial charge in [-0.15, -0.1) is 0 Å². The first kappa shape index (κ1) is 12.5. The molecule has 0 bridgehead atoms. The Morgan fingerprint density at radius 3 is 2.63 bits per heavy atom. The van der Waals surface area contributed by atoms with Crippen LogP contribution in [0.15, 0.2) is 30.3 Å². The summed E-state index contributed by atoms with van der Waals surface area (Å²) >= 11 is 0. The first-order chi connectivity index (χ1) is 9.15. The number of hydrogen-bond donors (Lipinski definition) is 1. The second-order valence-electron chi connectivity index (χ2n) is 5.78. The number of amides is 1. The predicted molar refractivity (Wildman–Crippen MR) is 72.9 cm³/mol. The topological polar surface area (TPSA) is 43.8 Å². The molecule has 0 aromatic heterocycles. The number of rotatable bonds is 2. The summed E-state index contributed by atoms with van der Waals surface area (Å²) in [4.78, 5) is 15.2. The van der Waals surface area contributed by atoms with Crippen LogP contribution in [-0.4, -0.2) is 46.7 Å². The first-order valence-electron chi connectivity index (χ1n) is 6.91. The number of benzene rings is 1. The Kier molecular flexibility index (Phi) is 3.19. The lowest BCUT2D eigenvalue weighted by atomic mass is 9.95. The summed E-state index contributed by atoms with van der Waals surface area (Å²) in [6.07, 6.45) is -0.767. The zero-order valence-corrected chi connectivity index (χ0v) is 11.2. The summed E-state index contributed by atoms with van der Waals surface area (Å²) in [7, 11) is 0. The van der Waals surface area contributed by atoms with E-state index in [9.17, 15) is 4.79 Å². The van der Waals surface area contributed by atoms with Crippen molar-refractivity contribution in [3.8, 4) is 0 Å². The molecule has 0 saturated carbocycles. The van der Waals surface area contributed by atoms with E-state index in [0.717, 1.165) is 19.6 Å². The van der Waals surface area contributed by atoms with E-state index in [4.69, 9.17) is 5.11 Å². The smallest absolute Gasteiger partial charge is 0.407 e. The van der Waals surface area contributed by atoms with Gasteiger partial charge in [0, 0.05) is 32.2 Å². The Morgan fingerprint density at radius 2 is 2.00 bits per heavy atom. The third kappa shape index (κ3) is 2.32. The van der Waals surface area contributed by atoms with Gasteiger partial charge in [-0.05, 0) is 24.3 Å². The lowest BCUT2D eigenvalue weighted by molar-refractivity contribution is 0.132. The molecule has 2 aliphatic heterocycles. The molecule has 0 radical (unpaired) electrons. The van der Waals surface area contributed by atoms with Crippen LogP contribution in [0.4, 0.5) is 4.79 Å². The summed E-state index contributed by atoms with van der Waals surface area (Å²) in [6.45, 7) is 5.77. The third-order valence-corrected chi connectivity index (χ3v) is 4.60. The molecule has 1 N–H and O–H groups in total. The van der Waals surface area contributed by atoms with Crippen LogP contribution in [0.25, 0.3) is 0 Å². The lowest BCUT2D eigenvalue weighted by Gasteiger charge is -2.24. The van der Waals surface area contributed by atoms with Crippen LogP contribution in [0.3, 0.4) is 0 Å². The van der Waals surface area contributed by atoms with Crippen molar-refractivity contribution in [2.75, 3.05) is 19.6 Å². The maximum absolute atomic E-state index is 11.1. The molecule has 1 amide bonds. The van der Waals surface area contributed by atoms with E-state index in [1.807, 2.05) is 13.0 Å². The van der Waals surface area contributed by atoms with Crippen LogP contribution in [0.1, 0.15) is 12.5 Å². The molecule has 19 heavy (non-hydrogen) atoms. The Hall–Kier alpha value is -1.55. The van der Waals surface area contributed by atoms with Gasteiger partial charge in [-0.25, -0.2) is 4.79 Å². The van der Waals surface area contributed by atoms with E-state index in [1.165, 1.54) is 5.56 Å². The Bertz CT molecular complexity index is 462. The summed E-state index contributed by atoms with van der Waals surface area (Å²) in [5.74, 6) is 1.01. The molecular formula is C15H20N2O2. The molecule has 2 aliphatic rings. The van der Waals surface area contributed by atoms with Gasteiger partial charge in [0.15, 0.2) is 0 Å². The number of likely N-dealkylation sites (tertiary alicyclic amines) is 2. The van der Waals surface area contributed by atoms with Crippen LogP contribution >= 0.6 is 0 Å². The van der Waals surface area contributed by atoms with Crippen LogP contribution in [0, 0.1) is 11.8 Å². The van der Waals surface area contributed by atoms with Gasteiger partial charge >= 0.3 is 6.09 Å². The van der Waals surface area contributed by atoms with Gasteiger partial charge in [0.2, 0.25) is 0 Å². The van der Waals surface area contributed by atoms with Crippen LogP contribution in [-0.2, 0) is 6.54 Å². The minimum atomic E-state index is -0.767. The normalized spacial score (nSPS) is 30.6. The molecule has 0 aliphatic carbocycles. The molecule has 2 fully saturated rings. The zero-order valence-electron chi connectivity index (χ0n) is 11.2. The summed E-state index contributed by atoms with van der Waals surface area (Å²) in [6, 6.07) is 10.6. The summed E-state index contributed by atoms with van der Waals surface area (Å²) in [5.41, 5.74) is 1.34. The molecule has 2 heterocycles. The van der Waals surface area contributed by atoms with Gasteiger partial charge in [-0.2, -0.15) is 0 Å². The molecule has 4 heteroatoms. The minimum absolute atomic E-state index is 0.156. The van der Waals surface area contributed by atoms with Gasteiger partial charge in [-0.1, -0.05) is 30.3 Å². The number of nitrogens with zero attached hydrogens (tertiary/aromatic N) is 2. The van der Waals surface area contributed by atoms with Crippen molar-refractivity contribution in [3.63, 3.8) is 0 Å². The van der Waals surface area contributed by atoms with Crippen molar-refractivity contribution in [1.82, 2.24) is 9.80 Å². The highest BCUT2D eigenvalue weighted by Gasteiger charge is 2.46. The van der Waals surface area contributed by atoms with Crippen molar-refractivity contribution < 1.29 is 9.90 Å². The Labute approximate surface area is 113 Å². The van der Waals surface area contributed by atoms with Crippen molar-refractivity contribution in [3.05, 3.63) is 35.9 Å². The monoisotopic (exact) mass is 260 g/mol. The van der Waals surface area contributed by atoms with Gasteiger partial charge < -0.3 is 10.0 Å². The molecule has 102 valence electrons. The summed E-state index contributed by atoms with van der Waals surface area (Å²) < 4.78 is 0. The average Bonchev–Trinajstić information content (AvgIpc) is 2.90. The fraction of sp³-hybridized carbons (Fsp3) is 0.533. The molecule has 3 rings (SSSR count). The average molecular weight is 260 g/mol. The number of fused-ring (bicyclic) bond motifs is 1. The van der Waals surface area contributed by atoms with Crippen LogP contribution in [0.5, 0.6) is 0 Å². The van der Waals surface area contributed by atoms with E-state index >= 15 is 0 Å². The van der Waals surface area contributed by atoms with E-state index in [1.54, 1.807) is 4.90 Å². The van der Waals surface area contributed by atoms with Crippen LogP contribution < -0.4 is 0 Å². The fourth-order valence-corrected chi connectivity index (χ4v) is 3.60. The highest BCUT2D eigenvalue weighted by Crippen LogP contribution is 2.36. The molecule has 0 unspecified atom stereocenters. The van der Waals surface area contributed by atoms with Crippen molar-refractivity contribution >= 4 is 6.09 Å². The van der Waals surface area contributed by atoms with Gasteiger partial charge in [-0.3, -0.25) is 4.90 Å². The fourth-order valence-electron chi connectivity index (χ4n) is 3.60. The number of carboxylic acid groups (broad SMARTS) is 1. The standard InChI is InChI=1S/C15H20N2O2/c1-11-14-10-16(7-12-5-3-2-4-6-12)8-13(14)9-17(11)15(18)19/h2-6,11,13-14H,7-10H2,1H3,(H,18,19)/t11-,13+,14-/m1/s1. The highest BCUT2D eigenvalue weighted by atomic mass is 16.4. The van der Waals surface area contributed by atoms with Crippen LogP contribution in [0.2, 0.25) is 0 Å². The lowest BCUT2D eigenvalue weighted by Crippen LogP contribution is -2.37. The first-order valence-corrected chi connectivity index (χ1v) is 6.91.